The van der Waals surface area contributed by atoms with Crippen LogP contribution < -0.4 is 0 Å². The van der Waals surface area contributed by atoms with E-state index in [4.69, 9.17) is 0 Å². The molecule has 0 unspecified atom stereocenters. The highest BCUT2D eigenvalue weighted by molar-refractivity contribution is 5.75. The molecule has 0 amide bonds. The van der Waals surface area contributed by atoms with Crippen molar-refractivity contribution in [3.8, 4) is 0 Å². The van der Waals surface area contributed by atoms with Gasteiger partial charge in [0.05, 0.1) is 5.41 Å². The lowest BCUT2D eigenvalue weighted by atomic mass is 9.38. The molecule has 0 aliphatic heterocycles. The molecule has 3 rings (SSSR count). The first kappa shape index (κ1) is 17.9. The molecule has 3 fully saturated rings. The zero-order chi connectivity index (χ0) is 17.8. The minimum absolute atomic E-state index is 0.115. The lowest BCUT2D eigenvalue weighted by Crippen LogP contribution is -2.60. The van der Waals surface area contributed by atoms with Crippen LogP contribution in [0.4, 0.5) is 0 Å². The number of carboxylic acids is 1. The molecule has 0 saturated heterocycles. The Morgan fingerprint density at radius 2 is 1.75 bits per heavy atom. The molecule has 3 aliphatic rings. The summed E-state index contributed by atoms with van der Waals surface area (Å²) in [5.74, 6) is 0.248. The van der Waals surface area contributed by atoms with Crippen LogP contribution in [0.15, 0.2) is 0 Å². The summed E-state index contributed by atoms with van der Waals surface area (Å²) in [6.07, 6.45) is 10.5. The lowest BCUT2D eigenvalue weighted by Gasteiger charge is -2.65. The summed E-state index contributed by atoms with van der Waals surface area (Å²) in [5, 5.41) is 9.94. The van der Waals surface area contributed by atoms with Crippen molar-refractivity contribution in [2.45, 2.75) is 85.5 Å². The van der Waals surface area contributed by atoms with Crippen LogP contribution in [0.2, 0.25) is 0 Å². The van der Waals surface area contributed by atoms with Crippen molar-refractivity contribution >= 4 is 12.3 Å². The van der Waals surface area contributed by atoms with E-state index in [0.29, 0.717) is 5.92 Å². The Labute approximate surface area is 146 Å². The normalized spacial score (nSPS) is 51.3. The number of carbonyl (C=O) groups is 2. The Bertz CT molecular complexity index is 543. The Morgan fingerprint density at radius 3 is 2.33 bits per heavy atom. The number of aliphatic carboxylic acids is 1. The van der Waals surface area contributed by atoms with Gasteiger partial charge >= 0.3 is 5.97 Å². The Morgan fingerprint density at radius 1 is 1.08 bits per heavy atom. The predicted octanol–water partition coefficient (Wildman–Crippen LogP) is 5.08. The van der Waals surface area contributed by atoms with E-state index in [-0.39, 0.29) is 22.2 Å². The van der Waals surface area contributed by atoms with Gasteiger partial charge in [-0.1, -0.05) is 33.6 Å². The van der Waals surface area contributed by atoms with Gasteiger partial charge in [-0.25, -0.2) is 0 Å². The van der Waals surface area contributed by atoms with E-state index in [0.717, 1.165) is 57.8 Å². The first-order chi connectivity index (χ1) is 11.2. The van der Waals surface area contributed by atoms with Crippen molar-refractivity contribution < 1.29 is 14.7 Å². The number of carbonyl (C=O) groups excluding carboxylic acids is 1. The predicted molar refractivity (Wildman–Crippen MR) is 94.7 cm³/mol. The summed E-state index contributed by atoms with van der Waals surface area (Å²) in [7, 11) is 0. The number of hydrogen-bond donors (Lipinski definition) is 1. The summed E-state index contributed by atoms with van der Waals surface area (Å²) >= 11 is 0. The molecular formula is C21H34O3. The van der Waals surface area contributed by atoms with Crippen molar-refractivity contribution in [1.82, 2.24) is 0 Å². The molecule has 3 saturated carbocycles. The average molecular weight is 335 g/mol. The molecule has 0 aromatic rings. The minimum atomic E-state index is -0.601. The second-order valence-corrected chi connectivity index (χ2v) is 9.93. The number of carboxylic acid groups (broad SMARTS) is 1. The van der Waals surface area contributed by atoms with E-state index in [1.165, 1.54) is 6.29 Å². The van der Waals surface area contributed by atoms with Gasteiger partial charge in [0, 0.05) is 5.41 Å². The summed E-state index contributed by atoms with van der Waals surface area (Å²) in [6.45, 7) is 8.79. The van der Waals surface area contributed by atoms with Crippen LogP contribution in [0.3, 0.4) is 0 Å². The SMILES string of the molecule is CC[C@]12CC[C@H]3[C@@](C)(CCC[C@@]3(C)C(=O)O)[C@@H]1CC[C@](C)(C=O)C2. The van der Waals surface area contributed by atoms with Crippen LogP contribution in [0.1, 0.15) is 85.5 Å². The topological polar surface area (TPSA) is 54.4 Å². The van der Waals surface area contributed by atoms with Gasteiger partial charge in [0.15, 0.2) is 0 Å². The first-order valence-corrected chi connectivity index (χ1v) is 9.86. The van der Waals surface area contributed by atoms with Crippen LogP contribution >= 0.6 is 0 Å². The molecule has 3 heteroatoms. The number of aldehydes is 1. The summed E-state index contributed by atoms with van der Waals surface area (Å²) in [5.41, 5.74) is -0.404. The number of fused-ring (bicyclic) bond motifs is 3. The van der Waals surface area contributed by atoms with Gasteiger partial charge in [-0.3, -0.25) is 4.79 Å². The van der Waals surface area contributed by atoms with Gasteiger partial charge in [0.25, 0.3) is 0 Å². The van der Waals surface area contributed by atoms with Crippen molar-refractivity contribution in [2.75, 3.05) is 0 Å². The molecular weight excluding hydrogens is 300 g/mol. The third-order valence-electron chi connectivity index (χ3n) is 8.68. The van der Waals surface area contributed by atoms with Gasteiger partial charge in [-0.2, -0.15) is 0 Å². The molecule has 0 heterocycles. The molecule has 0 radical (unpaired) electrons. The van der Waals surface area contributed by atoms with Crippen LogP contribution in [0.5, 0.6) is 0 Å². The largest absolute Gasteiger partial charge is 0.481 e. The highest BCUT2D eigenvalue weighted by Gasteiger charge is 2.63. The molecule has 24 heavy (non-hydrogen) atoms. The fourth-order valence-electron chi connectivity index (χ4n) is 7.40. The maximum Gasteiger partial charge on any atom is 0.309 e. The standard InChI is InChI=1S/C21H34O3/c1-5-21-12-8-15-19(3,9-6-10-20(15,4)17(23)24)16(21)7-11-18(2,13-21)14-22/h14-16H,5-13H2,1-4H3,(H,23,24)/t15-,16-,18-,19+,20+,21+/m0/s1. The van der Waals surface area contributed by atoms with Crippen LogP contribution in [0.25, 0.3) is 0 Å². The van der Waals surface area contributed by atoms with Crippen molar-refractivity contribution in [1.29, 1.82) is 0 Å². The van der Waals surface area contributed by atoms with E-state index in [2.05, 4.69) is 20.8 Å². The second kappa shape index (κ2) is 5.57. The molecule has 6 atom stereocenters. The molecule has 3 nitrogen and oxygen atoms in total. The van der Waals surface area contributed by atoms with Crippen LogP contribution in [-0.4, -0.2) is 17.4 Å². The maximum absolute atomic E-state index is 12.1. The molecule has 0 spiro atoms. The van der Waals surface area contributed by atoms with Crippen molar-refractivity contribution in [2.24, 2.45) is 33.5 Å². The molecule has 0 aromatic carbocycles. The zero-order valence-electron chi connectivity index (χ0n) is 15.9. The second-order valence-electron chi connectivity index (χ2n) is 9.93. The summed E-state index contributed by atoms with van der Waals surface area (Å²) < 4.78 is 0. The number of hydrogen-bond acceptors (Lipinski definition) is 2. The summed E-state index contributed by atoms with van der Waals surface area (Å²) in [6, 6.07) is 0. The van der Waals surface area contributed by atoms with Gasteiger partial charge < -0.3 is 9.90 Å². The quantitative estimate of drug-likeness (QED) is 0.732. The molecule has 136 valence electrons. The zero-order valence-corrected chi connectivity index (χ0v) is 15.9. The fraction of sp³-hybridized carbons (Fsp3) is 0.905. The van der Waals surface area contributed by atoms with E-state index in [1.807, 2.05) is 6.92 Å². The van der Waals surface area contributed by atoms with E-state index >= 15 is 0 Å². The van der Waals surface area contributed by atoms with Crippen molar-refractivity contribution in [3.63, 3.8) is 0 Å². The third kappa shape index (κ3) is 2.29. The molecule has 0 bridgehead atoms. The van der Waals surface area contributed by atoms with Gasteiger partial charge in [-0.15, -0.1) is 0 Å². The summed E-state index contributed by atoms with van der Waals surface area (Å²) in [4.78, 5) is 23.8. The maximum atomic E-state index is 12.1. The van der Waals surface area contributed by atoms with Crippen LogP contribution in [-0.2, 0) is 9.59 Å². The lowest BCUT2D eigenvalue weighted by molar-refractivity contribution is -0.190. The Hall–Kier alpha value is -0.860. The van der Waals surface area contributed by atoms with Crippen LogP contribution in [0, 0.1) is 33.5 Å². The molecule has 3 aliphatic carbocycles. The van der Waals surface area contributed by atoms with E-state index in [1.54, 1.807) is 0 Å². The van der Waals surface area contributed by atoms with Gasteiger partial charge in [0.1, 0.15) is 6.29 Å². The Kier molecular flexibility index (Phi) is 4.17. The van der Waals surface area contributed by atoms with Crippen molar-refractivity contribution in [3.05, 3.63) is 0 Å². The fourth-order valence-corrected chi connectivity index (χ4v) is 7.40. The van der Waals surface area contributed by atoms with Gasteiger partial charge in [0.2, 0.25) is 0 Å². The first-order valence-electron chi connectivity index (χ1n) is 9.86. The third-order valence-corrected chi connectivity index (χ3v) is 8.68. The average Bonchev–Trinajstić information content (AvgIpc) is 2.54. The van der Waals surface area contributed by atoms with E-state index in [9.17, 15) is 14.7 Å². The Balaban J connectivity index is 2.01. The minimum Gasteiger partial charge on any atom is -0.481 e. The molecule has 0 aromatic heterocycles. The highest BCUT2D eigenvalue weighted by Crippen LogP contribution is 2.69. The number of rotatable bonds is 3. The molecule has 1 N–H and O–H groups in total. The van der Waals surface area contributed by atoms with E-state index < -0.39 is 11.4 Å². The highest BCUT2D eigenvalue weighted by atomic mass is 16.4. The smallest absolute Gasteiger partial charge is 0.309 e. The van der Waals surface area contributed by atoms with Gasteiger partial charge in [-0.05, 0) is 74.5 Å². The monoisotopic (exact) mass is 334 g/mol.